The molecule has 1 aromatic carbocycles. The Bertz CT molecular complexity index is 1480. The SMILES string of the molecule is CCOC(=O)C1CCCN(C(=O)C2=CCC(CSc3nnc(-c4ccc(C)cc4)n3-c3ccc(C)nc3F)=N2)C1. The molecular formula is C29H31FN6O3S. The van der Waals surface area contributed by atoms with E-state index in [1.807, 2.05) is 37.3 Å². The van der Waals surface area contributed by atoms with Crippen LogP contribution in [0.25, 0.3) is 17.1 Å². The van der Waals surface area contributed by atoms with E-state index < -0.39 is 5.95 Å². The average Bonchev–Trinajstić information content (AvgIpc) is 3.60. The van der Waals surface area contributed by atoms with Gasteiger partial charge in [-0.15, -0.1) is 10.2 Å². The molecule has 1 atom stereocenters. The number of carbonyl (C=O) groups is 2. The van der Waals surface area contributed by atoms with E-state index in [9.17, 15) is 9.59 Å². The second-order valence-electron chi connectivity index (χ2n) is 9.87. The molecule has 3 aromatic rings. The van der Waals surface area contributed by atoms with Crippen molar-refractivity contribution < 1.29 is 18.7 Å². The van der Waals surface area contributed by atoms with Crippen LogP contribution in [0.5, 0.6) is 0 Å². The molecule has 1 unspecified atom stereocenters. The van der Waals surface area contributed by atoms with Gasteiger partial charge in [0.2, 0.25) is 5.95 Å². The van der Waals surface area contributed by atoms with Crippen LogP contribution in [0.1, 0.15) is 37.4 Å². The average molecular weight is 563 g/mol. The van der Waals surface area contributed by atoms with Gasteiger partial charge in [0.05, 0.1) is 12.5 Å². The Morgan fingerprint density at radius 2 is 1.93 bits per heavy atom. The zero-order valence-electron chi connectivity index (χ0n) is 22.8. The van der Waals surface area contributed by atoms with Crippen LogP contribution in [0.15, 0.2) is 58.3 Å². The van der Waals surface area contributed by atoms with Crippen molar-refractivity contribution in [3.8, 4) is 17.1 Å². The highest BCUT2D eigenvalue weighted by Crippen LogP contribution is 2.30. The van der Waals surface area contributed by atoms with E-state index in [1.165, 1.54) is 11.8 Å². The van der Waals surface area contributed by atoms with Gasteiger partial charge in [-0.25, -0.2) is 4.98 Å². The van der Waals surface area contributed by atoms with Gasteiger partial charge < -0.3 is 9.64 Å². The third kappa shape index (κ3) is 5.99. The lowest BCUT2D eigenvalue weighted by atomic mass is 9.98. The fourth-order valence-electron chi connectivity index (χ4n) is 4.78. The Hall–Kier alpha value is -3.86. The number of nitrogens with zero attached hydrogens (tertiary/aromatic N) is 6. The Kier molecular flexibility index (Phi) is 8.39. The number of thioether (sulfide) groups is 1. The third-order valence-electron chi connectivity index (χ3n) is 6.88. The van der Waals surface area contributed by atoms with Gasteiger partial charge in [-0.05, 0) is 51.8 Å². The number of pyridine rings is 1. The summed E-state index contributed by atoms with van der Waals surface area (Å²) in [6.45, 7) is 6.77. The highest BCUT2D eigenvalue weighted by molar-refractivity contribution is 7.99. The number of esters is 1. The first kappa shape index (κ1) is 27.7. The molecule has 2 aliphatic heterocycles. The molecule has 0 N–H and O–H groups in total. The molecule has 5 rings (SSSR count). The minimum atomic E-state index is -0.606. The van der Waals surface area contributed by atoms with E-state index in [1.54, 1.807) is 35.4 Å². The van der Waals surface area contributed by atoms with Gasteiger partial charge >= 0.3 is 5.97 Å². The standard InChI is InChI=1S/C29H31FN6O3S/c1-4-39-28(38)21-6-5-15-35(16-21)27(37)23-13-12-22(32-23)17-40-29-34-33-26(20-10-7-18(2)8-11-20)36(29)24-14-9-19(3)31-25(24)30/h7-11,13-14,21H,4-6,12,15-17H2,1-3H3. The number of amides is 1. The molecule has 0 saturated carbocycles. The molecule has 0 bridgehead atoms. The second-order valence-corrected chi connectivity index (χ2v) is 10.8. The van der Waals surface area contributed by atoms with Gasteiger partial charge in [-0.2, -0.15) is 4.39 Å². The van der Waals surface area contributed by atoms with Crippen molar-refractivity contribution in [2.24, 2.45) is 10.9 Å². The molecule has 1 amide bonds. The molecule has 208 valence electrons. The van der Waals surface area contributed by atoms with Crippen molar-refractivity contribution in [1.29, 1.82) is 0 Å². The van der Waals surface area contributed by atoms with E-state index in [2.05, 4.69) is 20.2 Å². The van der Waals surface area contributed by atoms with Crippen molar-refractivity contribution in [2.45, 2.75) is 45.2 Å². The van der Waals surface area contributed by atoms with Gasteiger partial charge in [0.1, 0.15) is 11.4 Å². The van der Waals surface area contributed by atoms with Crippen molar-refractivity contribution in [3.63, 3.8) is 0 Å². The zero-order valence-corrected chi connectivity index (χ0v) is 23.6. The lowest BCUT2D eigenvalue weighted by molar-refractivity contribution is -0.150. The number of allylic oxidation sites excluding steroid dienone is 1. The first-order valence-corrected chi connectivity index (χ1v) is 14.3. The first-order chi connectivity index (χ1) is 19.3. The topological polar surface area (TPSA) is 103 Å². The minimum absolute atomic E-state index is 0.174. The van der Waals surface area contributed by atoms with Crippen LogP contribution in [0, 0.1) is 25.7 Å². The Morgan fingerprint density at radius 1 is 1.12 bits per heavy atom. The van der Waals surface area contributed by atoms with Crippen molar-refractivity contribution in [1.82, 2.24) is 24.6 Å². The predicted molar refractivity (Wildman–Crippen MR) is 151 cm³/mol. The van der Waals surface area contributed by atoms with Crippen molar-refractivity contribution in [2.75, 3.05) is 25.4 Å². The number of benzene rings is 1. The number of ether oxygens (including phenoxy) is 1. The number of likely N-dealkylation sites (tertiary alicyclic amines) is 1. The number of rotatable bonds is 8. The summed E-state index contributed by atoms with van der Waals surface area (Å²) < 4.78 is 21.9. The summed E-state index contributed by atoms with van der Waals surface area (Å²) in [5.41, 5.74) is 3.94. The summed E-state index contributed by atoms with van der Waals surface area (Å²) >= 11 is 1.37. The van der Waals surface area contributed by atoms with Crippen molar-refractivity contribution in [3.05, 3.63) is 65.4 Å². The van der Waals surface area contributed by atoms with E-state index in [0.717, 1.165) is 29.7 Å². The molecule has 0 spiro atoms. The predicted octanol–water partition coefficient (Wildman–Crippen LogP) is 4.71. The van der Waals surface area contributed by atoms with Crippen molar-refractivity contribution >= 4 is 29.4 Å². The molecule has 2 aromatic heterocycles. The monoisotopic (exact) mass is 562 g/mol. The van der Waals surface area contributed by atoms with Gasteiger partial charge in [-0.3, -0.25) is 19.1 Å². The van der Waals surface area contributed by atoms with Crippen LogP contribution in [0.2, 0.25) is 0 Å². The highest BCUT2D eigenvalue weighted by atomic mass is 32.2. The Morgan fingerprint density at radius 3 is 2.67 bits per heavy atom. The second kappa shape index (κ2) is 12.1. The van der Waals surface area contributed by atoms with E-state index in [4.69, 9.17) is 4.74 Å². The fraction of sp³-hybridized carbons (Fsp3) is 0.379. The number of halogens is 1. The quantitative estimate of drug-likeness (QED) is 0.223. The maximum Gasteiger partial charge on any atom is 0.310 e. The number of hydrogen-bond acceptors (Lipinski definition) is 8. The van der Waals surface area contributed by atoms with Crippen LogP contribution in [0.3, 0.4) is 0 Å². The van der Waals surface area contributed by atoms with E-state index >= 15 is 4.39 Å². The molecule has 4 heterocycles. The number of carbonyl (C=O) groups excluding carboxylic acids is 2. The zero-order chi connectivity index (χ0) is 28.2. The van der Waals surface area contributed by atoms with E-state index in [-0.39, 0.29) is 23.5 Å². The molecule has 1 fully saturated rings. The number of aryl methyl sites for hydroxylation is 2. The maximum atomic E-state index is 15.0. The molecule has 40 heavy (non-hydrogen) atoms. The van der Waals surface area contributed by atoms with Crippen LogP contribution in [-0.2, 0) is 14.3 Å². The van der Waals surface area contributed by atoms with Gasteiger partial charge in [0.15, 0.2) is 11.0 Å². The minimum Gasteiger partial charge on any atom is -0.466 e. The fourth-order valence-corrected chi connectivity index (χ4v) is 5.67. The molecule has 11 heteroatoms. The number of hydrogen-bond donors (Lipinski definition) is 0. The normalized spacial score (nSPS) is 17.0. The Balaban J connectivity index is 1.32. The largest absolute Gasteiger partial charge is 0.466 e. The number of aromatic nitrogens is 4. The summed E-state index contributed by atoms with van der Waals surface area (Å²) in [5.74, 6) is -0.376. The van der Waals surface area contributed by atoms with Crippen LogP contribution < -0.4 is 0 Å². The Labute approximate surface area is 236 Å². The summed E-state index contributed by atoms with van der Waals surface area (Å²) in [5, 5.41) is 9.26. The molecule has 9 nitrogen and oxygen atoms in total. The lowest BCUT2D eigenvalue weighted by Crippen LogP contribution is -2.43. The van der Waals surface area contributed by atoms with E-state index in [0.29, 0.717) is 54.2 Å². The molecule has 2 aliphatic rings. The van der Waals surface area contributed by atoms with Crippen LogP contribution in [0.4, 0.5) is 4.39 Å². The summed E-state index contributed by atoms with van der Waals surface area (Å²) in [6, 6.07) is 11.2. The summed E-state index contributed by atoms with van der Waals surface area (Å²) in [4.78, 5) is 35.6. The van der Waals surface area contributed by atoms with Gasteiger partial charge in [0, 0.05) is 42.2 Å². The number of aliphatic imine (C=N–C) groups is 1. The van der Waals surface area contributed by atoms with Crippen LogP contribution in [-0.4, -0.2) is 67.7 Å². The number of piperidine rings is 1. The smallest absolute Gasteiger partial charge is 0.310 e. The lowest BCUT2D eigenvalue weighted by Gasteiger charge is -2.31. The maximum absolute atomic E-state index is 15.0. The summed E-state index contributed by atoms with van der Waals surface area (Å²) in [7, 11) is 0. The molecule has 0 aliphatic carbocycles. The highest BCUT2D eigenvalue weighted by Gasteiger charge is 2.31. The van der Waals surface area contributed by atoms with Crippen LogP contribution >= 0.6 is 11.8 Å². The summed E-state index contributed by atoms with van der Waals surface area (Å²) in [6.07, 6.45) is 3.81. The third-order valence-corrected chi connectivity index (χ3v) is 7.88. The van der Waals surface area contributed by atoms with Gasteiger partial charge in [-0.1, -0.05) is 41.6 Å². The van der Waals surface area contributed by atoms with Gasteiger partial charge in [0.25, 0.3) is 5.91 Å². The first-order valence-electron chi connectivity index (χ1n) is 13.3. The molecule has 1 saturated heterocycles. The molecular weight excluding hydrogens is 531 g/mol. The molecule has 0 radical (unpaired) electrons.